The van der Waals surface area contributed by atoms with Crippen molar-refractivity contribution < 1.29 is 4.79 Å². The van der Waals surface area contributed by atoms with E-state index in [0.717, 1.165) is 32.2 Å². The van der Waals surface area contributed by atoms with Gasteiger partial charge in [0.2, 0.25) is 5.91 Å². The van der Waals surface area contributed by atoms with Crippen molar-refractivity contribution in [3.8, 4) is 0 Å². The summed E-state index contributed by atoms with van der Waals surface area (Å²) in [6.45, 7) is 7.50. The van der Waals surface area contributed by atoms with E-state index < -0.39 is 0 Å². The van der Waals surface area contributed by atoms with Crippen LogP contribution in [-0.2, 0) is 4.79 Å². The van der Waals surface area contributed by atoms with Crippen LogP contribution in [0.4, 0.5) is 0 Å². The van der Waals surface area contributed by atoms with Gasteiger partial charge in [0.25, 0.3) is 0 Å². The van der Waals surface area contributed by atoms with Crippen LogP contribution in [-0.4, -0.2) is 24.5 Å². The maximum atomic E-state index is 12.0. The van der Waals surface area contributed by atoms with Gasteiger partial charge >= 0.3 is 0 Å². The molecule has 1 rings (SSSR count). The minimum atomic E-state index is 0.0367. The van der Waals surface area contributed by atoms with Gasteiger partial charge < -0.3 is 10.6 Å². The maximum Gasteiger partial charge on any atom is 0.237 e. The highest BCUT2D eigenvalue weighted by Crippen LogP contribution is 2.15. The molecule has 3 unspecified atom stereocenters. The normalized spacial score (nSPS) is 27.4. The number of hydrogen-bond acceptors (Lipinski definition) is 2. The summed E-state index contributed by atoms with van der Waals surface area (Å²) < 4.78 is 0. The Morgan fingerprint density at radius 1 is 1.50 bits per heavy atom. The van der Waals surface area contributed by atoms with Crippen LogP contribution in [0, 0.1) is 5.92 Å². The van der Waals surface area contributed by atoms with Gasteiger partial charge in [-0.15, -0.1) is 0 Å². The third-order valence-corrected chi connectivity index (χ3v) is 3.46. The molecule has 1 fully saturated rings. The minimum Gasteiger partial charge on any atom is -0.352 e. The second kappa shape index (κ2) is 6.89. The van der Waals surface area contributed by atoms with Gasteiger partial charge in [-0.2, -0.15) is 0 Å². The zero-order chi connectivity index (χ0) is 12.0. The molecular weight excluding hydrogens is 200 g/mol. The minimum absolute atomic E-state index is 0.0367. The SMILES string of the molecule is CCCC(CC)NC(=O)C1CC(C)CCN1. The summed E-state index contributed by atoms with van der Waals surface area (Å²) in [5, 5.41) is 6.47. The van der Waals surface area contributed by atoms with Gasteiger partial charge in [-0.1, -0.05) is 27.2 Å². The topological polar surface area (TPSA) is 41.1 Å². The Morgan fingerprint density at radius 2 is 2.25 bits per heavy atom. The molecule has 0 radical (unpaired) electrons. The first-order chi connectivity index (χ1) is 7.67. The molecule has 1 aliphatic rings. The van der Waals surface area contributed by atoms with Crippen molar-refractivity contribution in [3.05, 3.63) is 0 Å². The lowest BCUT2D eigenvalue weighted by molar-refractivity contribution is -0.124. The molecular formula is C13H26N2O. The van der Waals surface area contributed by atoms with Gasteiger partial charge in [0.05, 0.1) is 6.04 Å². The number of amides is 1. The first-order valence-electron chi connectivity index (χ1n) is 6.71. The third kappa shape index (κ3) is 4.12. The van der Waals surface area contributed by atoms with E-state index in [0.29, 0.717) is 12.0 Å². The summed E-state index contributed by atoms with van der Waals surface area (Å²) in [5.74, 6) is 0.870. The lowest BCUT2D eigenvalue weighted by atomic mass is 9.93. The highest BCUT2D eigenvalue weighted by Gasteiger charge is 2.25. The average Bonchev–Trinajstić information content (AvgIpc) is 2.28. The molecule has 1 saturated heterocycles. The van der Waals surface area contributed by atoms with Gasteiger partial charge in [0.1, 0.15) is 0 Å². The van der Waals surface area contributed by atoms with Gasteiger partial charge in [0.15, 0.2) is 0 Å². The average molecular weight is 226 g/mol. The summed E-state index contributed by atoms with van der Waals surface area (Å²) in [6, 6.07) is 0.395. The number of hydrogen-bond donors (Lipinski definition) is 2. The van der Waals surface area contributed by atoms with Crippen LogP contribution in [0.5, 0.6) is 0 Å². The molecule has 0 aromatic heterocycles. The van der Waals surface area contributed by atoms with Crippen LogP contribution in [0.2, 0.25) is 0 Å². The molecule has 1 aliphatic heterocycles. The lowest BCUT2D eigenvalue weighted by Gasteiger charge is -2.28. The molecule has 0 aromatic rings. The van der Waals surface area contributed by atoms with E-state index in [4.69, 9.17) is 0 Å². The van der Waals surface area contributed by atoms with Crippen molar-refractivity contribution in [2.24, 2.45) is 5.92 Å². The molecule has 3 atom stereocenters. The van der Waals surface area contributed by atoms with Crippen LogP contribution in [0.1, 0.15) is 52.9 Å². The van der Waals surface area contributed by atoms with Gasteiger partial charge in [0, 0.05) is 6.04 Å². The molecule has 3 nitrogen and oxygen atoms in total. The van der Waals surface area contributed by atoms with Crippen molar-refractivity contribution in [2.45, 2.75) is 65.0 Å². The van der Waals surface area contributed by atoms with Crippen LogP contribution < -0.4 is 10.6 Å². The van der Waals surface area contributed by atoms with Crippen molar-refractivity contribution in [2.75, 3.05) is 6.54 Å². The molecule has 0 aromatic carbocycles. The Hall–Kier alpha value is -0.570. The zero-order valence-electron chi connectivity index (χ0n) is 10.9. The Balaban J connectivity index is 2.37. The molecule has 0 bridgehead atoms. The molecule has 3 heteroatoms. The van der Waals surface area contributed by atoms with E-state index >= 15 is 0 Å². The second-order valence-electron chi connectivity index (χ2n) is 5.04. The molecule has 1 heterocycles. The maximum absolute atomic E-state index is 12.0. The molecule has 0 aliphatic carbocycles. The molecule has 0 spiro atoms. The Bertz CT molecular complexity index is 218. The molecule has 2 N–H and O–H groups in total. The van der Waals surface area contributed by atoms with E-state index in [1.54, 1.807) is 0 Å². The number of nitrogens with one attached hydrogen (secondary N) is 2. The van der Waals surface area contributed by atoms with Crippen LogP contribution >= 0.6 is 0 Å². The van der Waals surface area contributed by atoms with E-state index in [9.17, 15) is 4.79 Å². The standard InChI is InChI=1S/C13H26N2O/c1-4-6-11(5-2)15-13(16)12-9-10(3)7-8-14-12/h10-12,14H,4-9H2,1-3H3,(H,15,16). The first kappa shape index (κ1) is 13.5. The third-order valence-electron chi connectivity index (χ3n) is 3.46. The van der Waals surface area contributed by atoms with E-state index in [-0.39, 0.29) is 11.9 Å². The fourth-order valence-corrected chi connectivity index (χ4v) is 2.34. The van der Waals surface area contributed by atoms with E-state index in [2.05, 4.69) is 31.4 Å². The van der Waals surface area contributed by atoms with Crippen molar-refractivity contribution in [1.82, 2.24) is 10.6 Å². The van der Waals surface area contributed by atoms with Crippen LogP contribution in [0.25, 0.3) is 0 Å². The fourth-order valence-electron chi connectivity index (χ4n) is 2.34. The smallest absolute Gasteiger partial charge is 0.237 e. The number of carbonyl (C=O) groups excluding carboxylic acids is 1. The highest BCUT2D eigenvalue weighted by molar-refractivity contribution is 5.82. The number of rotatable bonds is 5. The molecule has 1 amide bonds. The van der Waals surface area contributed by atoms with Gasteiger partial charge in [-0.05, 0) is 38.1 Å². The van der Waals surface area contributed by atoms with Gasteiger partial charge in [-0.25, -0.2) is 0 Å². The molecule has 0 saturated carbocycles. The summed E-state index contributed by atoms with van der Waals surface area (Å²) in [6.07, 6.45) is 5.42. The summed E-state index contributed by atoms with van der Waals surface area (Å²) in [5.41, 5.74) is 0. The number of piperidine rings is 1. The summed E-state index contributed by atoms with van der Waals surface area (Å²) >= 11 is 0. The molecule has 16 heavy (non-hydrogen) atoms. The van der Waals surface area contributed by atoms with E-state index in [1.165, 1.54) is 6.42 Å². The van der Waals surface area contributed by atoms with Crippen molar-refractivity contribution in [3.63, 3.8) is 0 Å². The quantitative estimate of drug-likeness (QED) is 0.753. The summed E-state index contributed by atoms with van der Waals surface area (Å²) in [7, 11) is 0. The Kier molecular flexibility index (Phi) is 5.81. The lowest BCUT2D eigenvalue weighted by Crippen LogP contribution is -2.50. The zero-order valence-corrected chi connectivity index (χ0v) is 10.9. The summed E-state index contributed by atoms with van der Waals surface area (Å²) in [4.78, 5) is 12.0. The number of carbonyl (C=O) groups is 1. The van der Waals surface area contributed by atoms with Gasteiger partial charge in [-0.3, -0.25) is 4.79 Å². The van der Waals surface area contributed by atoms with Crippen LogP contribution in [0.15, 0.2) is 0 Å². The monoisotopic (exact) mass is 226 g/mol. The van der Waals surface area contributed by atoms with E-state index in [1.807, 2.05) is 0 Å². The van der Waals surface area contributed by atoms with Crippen molar-refractivity contribution >= 4 is 5.91 Å². The second-order valence-corrected chi connectivity index (χ2v) is 5.04. The Morgan fingerprint density at radius 3 is 2.81 bits per heavy atom. The fraction of sp³-hybridized carbons (Fsp3) is 0.923. The van der Waals surface area contributed by atoms with Crippen LogP contribution in [0.3, 0.4) is 0 Å². The first-order valence-corrected chi connectivity index (χ1v) is 6.71. The highest BCUT2D eigenvalue weighted by atomic mass is 16.2. The largest absolute Gasteiger partial charge is 0.352 e. The predicted octanol–water partition coefficient (Wildman–Crippen LogP) is 2.07. The predicted molar refractivity (Wildman–Crippen MR) is 67.3 cm³/mol. The van der Waals surface area contributed by atoms with Crippen molar-refractivity contribution in [1.29, 1.82) is 0 Å². The Labute approximate surface area is 99.4 Å². The molecule has 94 valence electrons.